The lowest BCUT2D eigenvalue weighted by Crippen LogP contribution is -2.37. The van der Waals surface area contributed by atoms with Crippen molar-refractivity contribution in [3.63, 3.8) is 0 Å². The molecule has 1 aromatic carbocycles. The summed E-state index contributed by atoms with van der Waals surface area (Å²) in [6.07, 6.45) is -0.451. The molecule has 90 valence electrons. The van der Waals surface area contributed by atoms with Gasteiger partial charge in [0, 0.05) is 25.0 Å². The van der Waals surface area contributed by atoms with E-state index >= 15 is 0 Å². The van der Waals surface area contributed by atoms with Gasteiger partial charge in [0.15, 0.2) is 0 Å². The topological polar surface area (TPSA) is 23.5 Å². The summed E-state index contributed by atoms with van der Waals surface area (Å²) in [6, 6.07) is 10.7. The molecule has 1 unspecified atom stereocenters. The average Bonchev–Trinajstić information content (AvgIpc) is 2.29. The highest BCUT2D eigenvalue weighted by molar-refractivity contribution is 6.18. The largest absolute Gasteiger partial charge is 0.391 e. The van der Waals surface area contributed by atoms with E-state index in [2.05, 4.69) is 30.9 Å². The molecule has 0 aliphatic carbocycles. The fourth-order valence-corrected chi connectivity index (χ4v) is 1.69. The molecule has 0 bridgehead atoms. The van der Waals surface area contributed by atoms with E-state index in [1.54, 1.807) is 0 Å². The van der Waals surface area contributed by atoms with Crippen molar-refractivity contribution in [3.8, 4) is 0 Å². The molecule has 1 aromatic rings. The monoisotopic (exact) mass is 241 g/mol. The highest BCUT2D eigenvalue weighted by Gasteiger charge is 2.14. The number of benzene rings is 1. The molecule has 0 heterocycles. The number of hydrogen-bond acceptors (Lipinski definition) is 2. The Morgan fingerprint density at radius 3 is 2.38 bits per heavy atom. The second-order valence-corrected chi connectivity index (χ2v) is 4.63. The van der Waals surface area contributed by atoms with Crippen molar-refractivity contribution in [3.05, 3.63) is 35.9 Å². The number of aliphatic hydroxyl groups is 1. The first-order chi connectivity index (χ1) is 7.63. The summed E-state index contributed by atoms with van der Waals surface area (Å²) in [7, 11) is 0. The van der Waals surface area contributed by atoms with Crippen LogP contribution in [-0.2, 0) is 6.54 Å². The molecule has 0 radical (unpaired) electrons. The van der Waals surface area contributed by atoms with E-state index in [1.807, 2.05) is 18.2 Å². The number of alkyl halides is 1. The zero-order valence-corrected chi connectivity index (χ0v) is 10.7. The van der Waals surface area contributed by atoms with Crippen molar-refractivity contribution in [2.75, 3.05) is 12.4 Å². The summed E-state index contributed by atoms with van der Waals surface area (Å²) >= 11 is 5.63. The van der Waals surface area contributed by atoms with Gasteiger partial charge in [-0.1, -0.05) is 30.3 Å². The van der Waals surface area contributed by atoms with E-state index in [9.17, 15) is 5.11 Å². The Labute approximate surface area is 103 Å². The normalized spacial score (nSPS) is 13.4. The summed E-state index contributed by atoms with van der Waals surface area (Å²) in [5.74, 6) is 0.290. The van der Waals surface area contributed by atoms with Crippen molar-refractivity contribution in [2.45, 2.75) is 32.5 Å². The molecule has 3 heteroatoms. The zero-order valence-electron chi connectivity index (χ0n) is 9.94. The minimum Gasteiger partial charge on any atom is -0.391 e. The van der Waals surface area contributed by atoms with Gasteiger partial charge in [-0.2, -0.15) is 0 Å². The Kier molecular flexibility index (Phi) is 5.81. The van der Waals surface area contributed by atoms with E-state index in [4.69, 9.17) is 11.6 Å². The molecule has 0 spiro atoms. The minimum absolute atomic E-state index is 0.290. The molecule has 0 aliphatic heterocycles. The van der Waals surface area contributed by atoms with Crippen LogP contribution < -0.4 is 0 Å². The van der Waals surface area contributed by atoms with Crippen molar-refractivity contribution in [1.82, 2.24) is 4.90 Å². The van der Waals surface area contributed by atoms with Gasteiger partial charge < -0.3 is 5.11 Å². The van der Waals surface area contributed by atoms with E-state index < -0.39 is 6.10 Å². The Morgan fingerprint density at radius 1 is 1.25 bits per heavy atom. The van der Waals surface area contributed by atoms with Crippen LogP contribution in [-0.4, -0.2) is 34.6 Å². The van der Waals surface area contributed by atoms with Crippen LogP contribution >= 0.6 is 11.6 Å². The molecule has 0 fully saturated rings. The second kappa shape index (κ2) is 6.89. The molecule has 0 saturated carbocycles. The molecule has 16 heavy (non-hydrogen) atoms. The van der Waals surface area contributed by atoms with Gasteiger partial charge in [0.1, 0.15) is 0 Å². The van der Waals surface area contributed by atoms with Crippen LogP contribution in [0.3, 0.4) is 0 Å². The molecule has 0 amide bonds. The Balaban J connectivity index is 2.58. The molecular weight excluding hydrogens is 222 g/mol. The molecule has 0 aliphatic rings. The highest BCUT2D eigenvalue weighted by Crippen LogP contribution is 2.09. The second-order valence-electron chi connectivity index (χ2n) is 4.32. The minimum atomic E-state index is -0.451. The Morgan fingerprint density at radius 2 is 1.88 bits per heavy atom. The van der Waals surface area contributed by atoms with Crippen LogP contribution in [0.5, 0.6) is 0 Å². The van der Waals surface area contributed by atoms with Crippen LogP contribution in [0.15, 0.2) is 30.3 Å². The van der Waals surface area contributed by atoms with Crippen molar-refractivity contribution < 1.29 is 5.11 Å². The van der Waals surface area contributed by atoms with Gasteiger partial charge in [-0.05, 0) is 19.4 Å². The molecule has 2 nitrogen and oxygen atoms in total. The molecular formula is C13H20ClNO. The van der Waals surface area contributed by atoms with Crippen molar-refractivity contribution in [1.29, 1.82) is 0 Å². The summed E-state index contributed by atoms with van der Waals surface area (Å²) in [4.78, 5) is 2.22. The van der Waals surface area contributed by atoms with Crippen molar-refractivity contribution >= 4 is 11.6 Å². The van der Waals surface area contributed by atoms with Crippen LogP contribution in [0.25, 0.3) is 0 Å². The smallest absolute Gasteiger partial charge is 0.0802 e. The third-order valence-corrected chi connectivity index (χ3v) is 2.94. The van der Waals surface area contributed by atoms with Gasteiger partial charge in [-0.15, -0.1) is 11.6 Å². The predicted octanol–water partition coefficient (Wildman–Crippen LogP) is 2.50. The number of aliphatic hydroxyl groups excluding tert-OH is 1. The molecule has 1 N–H and O–H groups in total. The van der Waals surface area contributed by atoms with E-state index in [-0.39, 0.29) is 5.88 Å². The summed E-state index contributed by atoms with van der Waals surface area (Å²) in [6.45, 7) is 5.73. The van der Waals surface area contributed by atoms with Gasteiger partial charge in [-0.25, -0.2) is 0 Å². The number of hydrogen-bond donors (Lipinski definition) is 1. The SMILES string of the molecule is CC(C)N(Cc1ccccc1)CC(O)CCl. The van der Waals surface area contributed by atoms with Crippen LogP contribution in [0.2, 0.25) is 0 Å². The first kappa shape index (κ1) is 13.5. The predicted molar refractivity (Wildman–Crippen MR) is 68.7 cm³/mol. The first-order valence-corrected chi connectivity index (χ1v) is 6.19. The number of rotatable bonds is 6. The summed E-state index contributed by atoms with van der Waals surface area (Å²) < 4.78 is 0. The quantitative estimate of drug-likeness (QED) is 0.774. The maximum atomic E-state index is 9.58. The molecule has 0 aromatic heterocycles. The first-order valence-electron chi connectivity index (χ1n) is 5.65. The lowest BCUT2D eigenvalue weighted by Gasteiger charge is -2.28. The van der Waals surface area contributed by atoms with Gasteiger partial charge in [-0.3, -0.25) is 4.90 Å². The fraction of sp³-hybridized carbons (Fsp3) is 0.538. The summed E-state index contributed by atoms with van der Waals surface area (Å²) in [5, 5.41) is 9.58. The molecule has 1 rings (SSSR count). The van der Waals surface area contributed by atoms with E-state index in [0.717, 1.165) is 6.54 Å². The van der Waals surface area contributed by atoms with Gasteiger partial charge in [0.05, 0.1) is 6.10 Å². The van der Waals surface area contributed by atoms with Gasteiger partial charge in [0.25, 0.3) is 0 Å². The number of halogens is 1. The zero-order chi connectivity index (χ0) is 12.0. The van der Waals surface area contributed by atoms with Crippen LogP contribution in [0.4, 0.5) is 0 Å². The van der Waals surface area contributed by atoms with Gasteiger partial charge in [0.2, 0.25) is 0 Å². The van der Waals surface area contributed by atoms with Crippen molar-refractivity contribution in [2.24, 2.45) is 0 Å². The summed E-state index contributed by atoms with van der Waals surface area (Å²) in [5.41, 5.74) is 1.26. The highest BCUT2D eigenvalue weighted by atomic mass is 35.5. The average molecular weight is 242 g/mol. The van der Waals surface area contributed by atoms with Crippen LogP contribution in [0, 0.1) is 0 Å². The Bertz CT molecular complexity index is 289. The van der Waals surface area contributed by atoms with E-state index in [1.165, 1.54) is 5.56 Å². The fourth-order valence-electron chi connectivity index (χ4n) is 1.60. The Hall–Kier alpha value is -0.570. The third-order valence-electron chi connectivity index (χ3n) is 2.58. The lowest BCUT2D eigenvalue weighted by molar-refractivity contribution is 0.105. The molecule has 1 atom stereocenters. The lowest BCUT2D eigenvalue weighted by atomic mass is 10.2. The maximum absolute atomic E-state index is 9.58. The van der Waals surface area contributed by atoms with Crippen LogP contribution in [0.1, 0.15) is 19.4 Å². The number of nitrogens with zero attached hydrogens (tertiary/aromatic N) is 1. The third kappa shape index (κ3) is 4.52. The standard InChI is InChI=1S/C13H20ClNO/c1-11(2)15(10-13(16)8-14)9-12-6-4-3-5-7-12/h3-7,11,13,16H,8-10H2,1-2H3. The van der Waals surface area contributed by atoms with Gasteiger partial charge >= 0.3 is 0 Å². The molecule has 0 saturated heterocycles. The van der Waals surface area contributed by atoms with E-state index in [0.29, 0.717) is 12.6 Å². The maximum Gasteiger partial charge on any atom is 0.0802 e.